The molecule has 124 valence electrons. The smallest absolute Gasteiger partial charge is 0.145 e. The van der Waals surface area contributed by atoms with Crippen LogP contribution in [0.3, 0.4) is 0 Å². The van der Waals surface area contributed by atoms with Gasteiger partial charge in [-0.3, -0.25) is 4.40 Å². The summed E-state index contributed by atoms with van der Waals surface area (Å²) < 4.78 is 3.26. The monoisotopic (exact) mass is 398 g/mol. The minimum Gasteiger partial charge on any atom is -0.298 e. The molecule has 0 saturated carbocycles. The van der Waals surface area contributed by atoms with Crippen molar-refractivity contribution < 1.29 is 0 Å². The minimum atomic E-state index is 0.983. The molecular formula is C23H15BrN2. The zero-order valence-electron chi connectivity index (χ0n) is 13.9. The fourth-order valence-electron chi connectivity index (χ4n) is 3.48. The van der Waals surface area contributed by atoms with Gasteiger partial charge in [0.2, 0.25) is 0 Å². The van der Waals surface area contributed by atoms with Gasteiger partial charge in [-0.25, -0.2) is 4.98 Å². The minimum absolute atomic E-state index is 0.983. The van der Waals surface area contributed by atoms with Crippen LogP contribution in [0, 0.1) is 0 Å². The average Bonchev–Trinajstić information content (AvgIpc) is 3.09. The molecule has 3 aromatic carbocycles. The third-order valence-corrected chi connectivity index (χ3v) is 5.15. The van der Waals surface area contributed by atoms with E-state index in [1.165, 1.54) is 5.39 Å². The van der Waals surface area contributed by atoms with Gasteiger partial charge >= 0.3 is 0 Å². The Morgan fingerprint density at radius 1 is 0.731 bits per heavy atom. The molecule has 2 nitrogen and oxygen atoms in total. The summed E-state index contributed by atoms with van der Waals surface area (Å²) in [6.45, 7) is 0. The zero-order chi connectivity index (χ0) is 17.5. The van der Waals surface area contributed by atoms with Crippen LogP contribution in [0.15, 0.2) is 95.6 Å². The molecule has 0 fully saturated rings. The number of imidazole rings is 1. The first kappa shape index (κ1) is 15.4. The fraction of sp³-hybridized carbons (Fsp3) is 0. The van der Waals surface area contributed by atoms with E-state index in [1.807, 2.05) is 12.1 Å². The quantitative estimate of drug-likeness (QED) is 0.328. The lowest BCUT2D eigenvalue weighted by atomic mass is 10.1. The predicted octanol–water partition coefficient (Wildman–Crippen LogP) is 6.58. The van der Waals surface area contributed by atoms with Gasteiger partial charge < -0.3 is 0 Å². The topological polar surface area (TPSA) is 17.3 Å². The molecule has 0 aliphatic carbocycles. The van der Waals surface area contributed by atoms with Crippen molar-refractivity contribution in [2.75, 3.05) is 0 Å². The molecule has 0 saturated heterocycles. The number of benzene rings is 3. The van der Waals surface area contributed by atoms with Gasteiger partial charge in [-0.2, -0.15) is 0 Å². The van der Waals surface area contributed by atoms with Crippen molar-refractivity contribution in [1.29, 1.82) is 0 Å². The molecule has 0 atom stereocenters. The molecule has 0 spiro atoms. The van der Waals surface area contributed by atoms with E-state index < -0.39 is 0 Å². The van der Waals surface area contributed by atoms with Crippen LogP contribution in [-0.4, -0.2) is 9.38 Å². The molecule has 0 aliphatic heterocycles. The van der Waals surface area contributed by atoms with Crippen LogP contribution in [-0.2, 0) is 0 Å². The molecule has 0 amide bonds. The Kier molecular flexibility index (Phi) is 3.61. The van der Waals surface area contributed by atoms with Crippen molar-refractivity contribution in [3.8, 4) is 22.5 Å². The summed E-state index contributed by atoms with van der Waals surface area (Å²) in [5.74, 6) is 0. The molecule has 5 rings (SSSR count). The van der Waals surface area contributed by atoms with Crippen molar-refractivity contribution in [3.63, 3.8) is 0 Å². The Labute approximate surface area is 159 Å². The Hall–Kier alpha value is -2.91. The lowest BCUT2D eigenvalue weighted by Crippen LogP contribution is -1.90. The number of rotatable bonds is 2. The summed E-state index contributed by atoms with van der Waals surface area (Å²) in [4.78, 5) is 5.06. The summed E-state index contributed by atoms with van der Waals surface area (Å²) in [6.07, 6.45) is 2.12. The van der Waals surface area contributed by atoms with Crippen LogP contribution in [0.5, 0.6) is 0 Å². The number of fused-ring (bicyclic) bond motifs is 3. The van der Waals surface area contributed by atoms with Crippen LogP contribution < -0.4 is 0 Å². The van der Waals surface area contributed by atoms with Gasteiger partial charge in [0.05, 0.1) is 11.4 Å². The number of nitrogens with zero attached hydrogens (tertiary/aromatic N) is 2. The second kappa shape index (κ2) is 6.11. The third-order valence-electron chi connectivity index (χ3n) is 4.66. The lowest BCUT2D eigenvalue weighted by Gasteiger charge is -2.07. The standard InChI is InChI=1S/C23H15BrN2/c24-19-11-6-10-18(15-19)22-21(17-8-2-1-3-9-17)25-23-20-12-5-4-7-16(20)13-14-26(22)23/h1-15H. The van der Waals surface area contributed by atoms with Gasteiger partial charge in [0, 0.05) is 27.2 Å². The Balaban J connectivity index is 1.93. The summed E-state index contributed by atoms with van der Waals surface area (Å²) >= 11 is 3.60. The number of hydrogen-bond acceptors (Lipinski definition) is 1. The number of halogens is 1. The predicted molar refractivity (Wildman–Crippen MR) is 111 cm³/mol. The molecule has 0 bridgehead atoms. The normalized spacial score (nSPS) is 11.3. The summed E-state index contributed by atoms with van der Waals surface area (Å²) in [5.41, 5.74) is 5.35. The first-order valence-electron chi connectivity index (χ1n) is 8.52. The van der Waals surface area contributed by atoms with Crippen LogP contribution in [0.2, 0.25) is 0 Å². The molecule has 0 unspecified atom stereocenters. The highest BCUT2D eigenvalue weighted by Crippen LogP contribution is 2.35. The molecule has 0 radical (unpaired) electrons. The Bertz CT molecular complexity index is 1240. The SMILES string of the molecule is Brc1cccc(-c2c(-c3ccccc3)nc3c4ccccc4ccn23)c1. The second-order valence-electron chi connectivity index (χ2n) is 6.28. The number of pyridine rings is 1. The number of hydrogen-bond donors (Lipinski definition) is 0. The highest BCUT2D eigenvalue weighted by Gasteiger charge is 2.17. The first-order chi connectivity index (χ1) is 12.8. The molecule has 26 heavy (non-hydrogen) atoms. The maximum absolute atomic E-state index is 5.06. The summed E-state index contributed by atoms with van der Waals surface area (Å²) in [5, 5.41) is 2.36. The van der Waals surface area contributed by atoms with Crippen LogP contribution in [0.4, 0.5) is 0 Å². The van der Waals surface area contributed by atoms with E-state index >= 15 is 0 Å². The van der Waals surface area contributed by atoms with Crippen molar-refractivity contribution in [3.05, 3.63) is 95.6 Å². The maximum atomic E-state index is 5.06. The zero-order valence-corrected chi connectivity index (χ0v) is 15.5. The lowest BCUT2D eigenvalue weighted by molar-refractivity contribution is 1.21. The van der Waals surface area contributed by atoms with E-state index in [4.69, 9.17) is 4.98 Å². The van der Waals surface area contributed by atoms with Gasteiger partial charge in [-0.15, -0.1) is 0 Å². The van der Waals surface area contributed by atoms with E-state index in [0.29, 0.717) is 0 Å². The van der Waals surface area contributed by atoms with Gasteiger partial charge in [0.15, 0.2) is 0 Å². The van der Waals surface area contributed by atoms with Crippen LogP contribution in [0.1, 0.15) is 0 Å². The molecular weight excluding hydrogens is 384 g/mol. The van der Waals surface area contributed by atoms with Crippen molar-refractivity contribution >= 4 is 32.3 Å². The van der Waals surface area contributed by atoms with Gasteiger partial charge in [0.1, 0.15) is 5.65 Å². The van der Waals surface area contributed by atoms with E-state index in [2.05, 4.69) is 99.3 Å². The highest BCUT2D eigenvalue weighted by atomic mass is 79.9. The summed E-state index contributed by atoms with van der Waals surface area (Å²) in [7, 11) is 0. The maximum Gasteiger partial charge on any atom is 0.145 e. The summed E-state index contributed by atoms with van der Waals surface area (Å²) in [6, 6.07) is 29.3. The van der Waals surface area contributed by atoms with Crippen LogP contribution >= 0.6 is 15.9 Å². The molecule has 2 heterocycles. The van der Waals surface area contributed by atoms with E-state index in [9.17, 15) is 0 Å². The molecule has 0 N–H and O–H groups in total. The van der Waals surface area contributed by atoms with E-state index in [-0.39, 0.29) is 0 Å². The van der Waals surface area contributed by atoms with Crippen molar-refractivity contribution in [2.45, 2.75) is 0 Å². The number of aromatic nitrogens is 2. The fourth-order valence-corrected chi connectivity index (χ4v) is 3.88. The van der Waals surface area contributed by atoms with Crippen molar-refractivity contribution in [1.82, 2.24) is 9.38 Å². The van der Waals surface area contributed by atoms with Crippen molar-refractivity contribution in [2.24, 2.45) is 0 Å². The highest BCUT2D eigenvalue weighted by molar-refractivity contribution is 9.10. The molecule has 5 aromatic rings. The molecule has 0 aliphatic rings. The second-order valence-corrected chi connectivity index (χ2v) is 7.20. The largest absolute Gasteiger partial charge is 0.298 e. The average molecular weight is 399 g/mol. The van der Waals surface area contributed by atoms with E-state index in [1.54, 1.807) is 0 Å². The van der Waals surface area contributed by atoms with Gasteiger partial charge in [0.25, 0.3) is 0 Å². The first-order valence-corrected chi connectivity index (χ1v) is 9.32. The Morgan fingerprint density at radius 3 is 2.35 bits per heavy atom. The third kappa shape index (κ3) is 2.44. The molecule has 2 aromatic heterocycles. The Morgan fingerprint density at radius 2 is 1.50 bits per heavy atom. The van der Waals surface area contributed by atoms with Crippen LogP contribution in [0.25, 0.3) is 38.9 Å². The molecule has 3 heteroatoms. The van der Waals surface area contributed by atoms with Gasteiger partial charge in [-0.05, 0) is 23.6 Å². The van der Waals surface area contributed by atoms with E-state index in [0.717, 1.165) is 38.0 Å². The van der Waals surface area contributed by atoms with Gasteiger partial charge in [-0.1, -0.05) is 82.7 Å².